The van der Waals surface area contributed by atoms with Gasteiger partial charge in [0.1, 0.15) is 0 Å². The van der Waals surface area contributed by atoms with Gasteiger partial charge in [0.05, 0.1) is 11.4 Å². The lowest BCUT2D eigenvalue weighted by Crippen LogP contribution is -2.13. The third-order valence-corrected chi connectivity index (χ3v) is 3.85. The highest BCUT2D eigenvalue weighted by Crippen LogP contribution is 2.13. The monoisotopic (exact) mass is 278 g/mol. The predicted molar refractivity (Wildman–Crippen MR) is 70.6 cm³/mol. The fourth-order valence-corrected chi connectivity index (χ4v) is 2.72. The zero-order valence-electron chi connectivity index (χ0n) is 10.7. The normalized spacial score (nSPS) is 11.3. The van der Waals surface area contributed by atoms with Crippen LogP contribution in [0.15, 0.2) is 47.1 Å². The van der Waals surface area contributed by atoms with Crippen molar-refractivity contribution in [3.05, 3.63) is 42.0 Å². The fraction of sp³-hybridized carbons (Fsp3) is 0.250. The van der Waals surface area contributed by atoms with E-state index in [-0.39, 0.29) is 10.9 Å². The summed E-state index contributed by atoms with van der Waals surface area (Å²) in [6.45, 7) is 3.69. The molecule has 0 amide bonds. The van der Waals surface area contributed by atoms with E-state index in [9.17, 15) is 8.42 Å². The van der Waals surface area contributed by atoms with Gasteiger partial charge in [-0.25, -0.2) is 8.42 Å². The molecule has 100 valence electrons. The van der Waals surface area contributed by atoms with Gasteiger partial charge in [-0.05, 0) is 36.4 Å². The maximum atomic E-state index is 12.2. The Morgan fingerprint density at radius 1 is 1.26 bits per heavy atom. The maximum absolute atomic E-state index is 12.2. The maximum Gasteiger partial charge on any atom is 0.272 e. The minimum absolute atomic E-state index is 0.109. The lowest BCUT2D eigenvalue weighted by Gasteiger charge is -2.04. The van der Waals surface area contributed by atoms with Crippen LogP contribution in [0.2, 0.25) is 0 Å². The molecule has 0 aliphatic heterocycles. The average molecular weight is 278 g/mol. The van der Waals surface area contributed by atoms with Crippen molar-refractivity contribution < 1.29 is 8.42 Å². The van der Waals surface area contributed by atoms with Crippen molar-refractivity contribution in [2.45, 2.75) is 19.0 Å². The molecule has 0 N–H and O–H groups in total. The first-order chi connectivity index (χ1) is 9.00. The summed E-state index contributed by atoms with van der Waals surface area (Å²) in [6, 6.07) is 8.92. The molecule has 0 spiro atoms. The van der Waals surface area contributed by atoms with Gasteiger partial charge in [0.25, 0.3) is 5.16 Å². The van der Waals surface area contributed by atoms with Crippen LogP contribution < -0.4 is 0 Å². The van der Waals surface area contributed by atoms with Crippen molar-refractivity contribution in [2.24, 2.45) is 0 Å². The molecule has 19 heavy (non-hydrogen) atoms. The van der Waals surface area contributed by atoms with Crippen LogP contribution in [0.3, 0.4) is 0 Å². The van der Waals surface area contributed by atoms with Crippen LogP contribution in [0, 0.1) is 0 Å². The Labute approximate surface area is 111 Å². The van der Waals surface area contributed by atoms with Crippen LogP contribution in [-0.2, 0) is 9.84 Å². The van der Waals surface area contributed by atoms with Gasteiger partial charge in [-0.3, -0.25) is 0 Å². The number of rotatable bonds is 4. The molecule has 0 aliphatic rings. The number of sulfone groups is 1. The largest absolute Gasteiger partial charge is 0.272 e. The predicted octanol–water partition coefficient (Wildman–Crippen LogP) is 1.40. The molecule has 1 aromatic heterocycles. The van der Waals surface area contributed by atoms with E-state index in [0.717, 1.165) is 5.57 Å². The van der Waals surface area contributed by atoms with E-state index in [1.54, 1.807) is 30.3 Å². The van der Waals surface area contributed by atoms with Crippen LogP contribution in [0.5, 0.6) is 0 Å². The van der Waals surface area contributed by atoms with E-state index in [4.69, 9.17) is 0 Å². The van der Waals surface area contributed by atoms with Crippen molar-refractivity contribution in [2.75, 3.05) is 5.75 Å². The number of allylic oxidation sites excluding steroid dienone is 1. The summed E-state index contributed by atoms with van der Waals surface area (Å²) in [5.74, 6) is -0.109. The number of aromatic nitrogens is 4. The summed E-state index contributed by atoms with van der Waals surface area (Å²) in [5, 5.41) is 10.7. The molecule has 0 bridgehead atoms. The summed E-state index contributed by atoms with van der Waals surface area (Å²) in [5.41, 5.74) is 1.55. The topological polar surface area (TPSA) is 77.7 Å². The molecule has 6 nitrogen and oxygen atoms in total. The Kier molecular flexibility index (Phi) is 3.75. The molecular weight excluding hydrogens is 264 g/mol. The minimum Gasteiger partial charge on any atom is -0.220 e. The van der Waals surface area contributed by atoms with E-state index < -0.39 is 9.84 Å². The molecule has 0 radical (unpaired) electrons. The zero-order valence-corrected chi connectivity index (χ0v) is 11.5. The zero-order chi connectivity index (χ0) is 13.9. The molecule has 2 rings (SSSR count). The first kappa shape index (κ1) is 13.4. The number of hydrogen-bond acceptors (Lipinski definition) is 5. The van der Waals surface area contributed by atoms with Crippen LogP contribution in [0.4, 0.5) is 0 Å². The van der Waals surface area contributed by atoms with Gasteiger partial charge < -0.3 is 0 Å². The van der Waals surface area contributed by atoms with E-state index in [1.165, 1.54) is 4.68 Å². The summed E-state index contributed by atoms with van der Waals surface area (Å²) < 4.78 is 25.6. The molecule has 0 unspecified atom stereocenters. The minimum atomic E-state index is -3.54. The van der Waals surface area contributed by atoms with Crippen molar-refractivity contribution in [3.8, 4) is 5.69 Å². The second-order valence-corrected chi connectivity index (χ2v) is 6.20. The molecule has 1 heterocycles. The van der Waals surface area contributed by atoms with Crippen molar-refractivity contribution in [3.63, 3.8) is 0 Å². The van der Waals surface area contributed by atoms with E-state index >= 15 is 0 Å². The van der Waals surface area contributed by atoms with Crippen LogP contribution in [0.25, 0.3) is 5.69 Å². The lowest BCUT2D eigenvalue weighted by molar-refractivity contribution is 0.583. The number of benzene rings is 1. The van der Waals surface area contributed by atoms with Gasteiger partial charge in [-0.1, -0.05) is 34.9 Å². The van der Waals surface area contributed by atoms with Crippen LogP contribution in [0.1, 0.15) is 13.8 Å². The summed E-state index contributed by atoms with van der Waals surface area (Å²) in [4.78, 5) is 0. The summed E-state index contributed by atoms with van der Waals surface area (Å²) >= 11 is 0. The second kappa shape index (κ2) is 5.31. The lowest BCUT2D eigenvalue weighted by atomic mass is 10.3. The highest BCUT2D eigenvalue weighted by molar-refractivity contribution is 7.91. The van der Waals surface area contributed by atoms with E-state index in [0.29, 0.717) is 5.69 Å². The fourth-order valence-electron chi connectivity index (χ4n) is 1.46. The molecule has 0 saturated heterocycles. The third kappa shape index (κ3) is 3.05. The van der Waals surface area contributed by atoms with Crippen molar-refractivity contribution >= 4 is 9.84 Å². The van der Waals surface area contributed by atoms with E-state index in [1.807, 2.05) is 19.9 Å². The highest BCUT2D eigenvalue weighted by Gasteiger charge is 2.22. The molecule has 7 heteroatoms. The molecular formula is C12H14N4O2S. The van der Waals surface area contributed by atoms with Gasteiger partial charge in [-0.15, -0.1) is 0 Å². The van der Waals surface area contributed by atoms with Gasteiger partial charge in [0, 0.05) is 0 Å². The SMILES string of the molecule is CC(C)=CCS(=O)(=O)c1nnnn1-c1ccccc1. The molecule has 0 fully saturated rings. The quantitative estimate of drug-likeness (QED) is 0.790. The molecule has 0 saturated carbocycles. The molecule has 2 aromatic rings. The smallest absolute Gasteiger partial charge is 0.220 e. The number of tetrazole rings is 1. The van der Waals surface area contributed by atoms with Gasteiger partial charge >= 0.3 is 0 Å². The second-order valence-electron chi connectivity index (χ2n) is 4.27. The highest BCUT2D eigenvalue weighted by atomic mass is 32.2. The first-order valence-corrected chi connectivity index (χ1v) is 7.36. The van der Waals surface area contributed by atoms with E-state index in [2.05, 4.69) is 15.5 Å². The number of nitrogens with zero attached hydrogens (tertiary/aromatic N) is 4. The summed E-state index contributed by atoms with van der Waals surface area (Å²) in [6.07, 6.45) is 1.64. The number of hydrogen-bond donors (Lipinski definition) is 0. The Hall–Kier alpha value is -2.02. The average Bonchev–Trinajstić information content (AvgIpc) is 2.87. The Morgan fingerprint density at radius 3 is 2.58 bits per heavy atom. The molecule has 0 atom stereocenters. The van der Waals surface area contributed by atoms with Gasteiger partial charge in [0.2, 0.25) is 9.84 Å². The Morgan fingerprint density at radius 2 is 1.95 bits per heavy atom. The first-order valence-electron chi connectivity index (χ1n) is 5.70. The van der Waals surface area contributed by atoms with Gasteiger partial charge in [0.15, 0.2) is 0 Å². The van der Waals surface area contributed by atoms with Crippen LogP contribution >= 0.6 is 0 Å². The van der Waals surface area contributed by atoms with Crippen molar-refractivity contribution in [1.29, 1.82) is 0 Å². The Bertz CT molecular complexity index is 686. The standard InChI is InChI=1S/C12H14N4O2S/c1-10(2)8-9-19(17,18)12-13-14-15-16(12)11-6-4-3-5-7-11/h3-8H,9H2,1-2H3. The summed E-state index contributed by atoms with van der Waals surface area (Å²) in [7, 11) is -3.54. The van der Waals surface area contributed by atoms with Crippen molar-refractivity contribution in [1.82, 2.24) is 20.2 Å². The Balaban J connectivity index is 2.43. The van der Waals surface area contributed by atoms with Crippen LogP contribution in [-0.4, -0.2) is 34.4 Å². The van der Waals surface area contributed by atoms with Gasteiger partial charge in [-0.2, -0.15) is 4.68 Å². The number of para-hydroxylation sites is 1. The third-order valence-electron chi connectivity index (χ3n) is 2.43. The molecule has 1 aromatic carbocycles. The molecule has 0 aliphatic carbocycles.